The van der Waals surface area contributed by atoms with Crippen molar-refractivity contribution in [2.75, 3.05) is 13.7 Å². The summed E-state index contributed by atoms with van der Waals surface area (Å²) < 4.78 is 7.70. The number of halogens is 1. The highest BCUT2D eigenvalue weighted by molar-refractivity contribution is 6.31. The molecule has 3 unspecified atom stereocenters. The van der Waals surface area contributed by atoms with Crippen LogP contribution in [0.15, 0.2) is 0 Å². The second-order valence-electron chi connectivity index (χ2n) is 5.29. The summed E-state index contributed by atoms with van der Waals surface area (Å²) in [6.07, 6.45) is 2.33. The highest BCUT2D eigenvalue weighted by Crippen LogP contribution is 2.28. The predicted octanol–water partition coefficient (Wildman–Crippen LogP) is 2.42. The molecule has 1 aliphatic rings. The lowest BCUT2D eigenvalue weighted by Gasteiger charge is -2.25. The van der Waals surface area contributed by atoms with Crippen LogP contribution in [0.4, 0.5) is 0 Å². The van der Waals surface area contributed by atoms with Crippen molar-refractivity contribution in [2.45, 2.75) is 52.3 Å². The highest BCUT2D eigenvalue weighted by Gasteiger charge is 2.32. The number of nitrogens with zero attached hydrogens (tertiary/aromatic N) is 2. The Morgan fingerprint density at radius 3 is 2.84 bits per heavy atom. The van der Waals surface area contributed by atoms with E-state index in [2.05, 4.69) is 24.3 Å². The van der Waals surface area contributed by atoms with Crippen LogP contribution in [-0.4, -0.2) is 35.6 Å². The lowest BCUT2D eigenvalue weighted by atomic mass is 9.90. The van der Waals surface area contributed by atoms with Gasteiger partial charge in [-0.05, 0) is 34.2 Å². The molecule has 0 bridgehead atoms. The van der Waals surface area contributed by atoms with E-state index in [1.807, 2.05) is 18.7 Å². The van der Waals surface area contributed by atoms with Crippen LogP contribution in [0.5, 0.6) is 0 Å². The van der Waals surface area contributed by atoms with Crippen LogP contribution in [0.2, 0.25) is 5.02 Å². The van der Waals surface area contributed by atoms with Crippen molar-refractivity contribution in [2.24, 2.45) is 5.92 Å². The fraction of sp³-hybridized carbons (Fsp3) is 0.786. The molecule has 19 heavy (non-hydrogen) atoms. The molecule has 1 N–H and O–H groups in total. The third-order valence-corrected chi connectivity index (χ3v) is 4.68. The molecule has 4 nitrogen and oxygen atoms in total. The van der Waals surface area contributed by atoms with E-state index in [1.165, 1.54) is 0 Å². The first-order valence-electron chi connectivity index (χ1n) is 7.09. The Morgan fingerprint density at radius 2 is 2.32 bits per heavy atom. The van der Waals surface area contributed by atoms with Gasteiger partial charge in [-0.15, -0.1) is 0 Å². The fourth-order valence-corrected chi connectivity index (χ4v) is 3.23. The van der Waals surface area contributed by atoms with Gasteiger partial charge in [-0.1, -0.05) is 11.6 Å². The van der Waals surface area contributed by atoms with E-state index in [0.29, 0.717) is 18.1 Å². The van der Waals surface area contributed by atoms with Crippen LogP contribution < -0.4 is 5.32 Å². The Bertz CT molecular complexity index is 433. The summed E-state index contributed by atoms with van der Waals surface area (Å²) in [7, 11) is 2.02. The van der Waals surface area contributed by atoms with Crippen LogP contribution in [0, 0.1) is 12.8 Å². The molecule has 0 spiro atoms. The van der Waals surface area contributed by atoms with Crippen LogP contribution in [0.3, 0.4) is 0 Å². The summed E-state index contributed by atoms with van der Waals surface area (Å²) >= 11 is 6.39. The van der Waals surface area contributed by atoms with Crippen molar-refractivity contribution in [3.8, 4) is 0 Å². The maximum absolute atomic E-state index is 6.39. The van der Waals surface area contributed by atoms with Crippen molar-refractivity contribution >= 4 is 11.6 Å². The van der Waals surface area contributed by atoms with Crippen molar-refractivity contribution < 1.29 is 4.74 Å². The average molecular weight is 286 g/mol. The molecule has 0 aliphatic carbocycles. The first kappa shape index (κ1) is 14.8. The number of aryl methyl sites for hydroxylation is 2. The number of ether oxygens (including phenoxy) is 1. The largest absolute Gasteiger partial charge is 0.378 e. The van der Waals surface area contributed by atoms with Gasteiger partial charge in [-0.2, -0.15) is 5.10 Å². The molecule has 0 saturated carbocycles. The molecule has 1 saturated heterocycles. The predicted molar refractivity (Wildman–Crippen MR) is 77.7 cm³/mol. The SMILES string of the molecule is CCn1nc(C)c(Cl)c1CC(NC)C1CCOC1C. The van der Waals surface area contributed by atoms with Crippen molar-refractivity contribution in [1.82, 2.24) is 15.1 Å². The maximum atomic E-state index is 6.39. The topological polar surface area (TPSA) is 39.1 Å². The molecule has 1 aromatic heterocycles. The molecular weight excluding hydrogens is 262 g/mol. The molecule has 108 valence electrons. The van der Waals surface area contributed by atoms with Gasteiger partial charge in [-0.3, -0.25) is 4.68 Å². The van der Waals surface area contributed by atoms with Gasteiger partial charge in [-0.25, -0.2) is 0 Å². The Labute approximate surface area is 120 Å². The molecular formula is C14H24ClN3O. The zero-order valence-corrected chi connectivity index (χ0v) is 13.0. The van der Waals surface area contributed by atoms with Gasteiger partial charge < -0.3 is 10.1 Å². The third kappa shape index (κ3) is 2.96. The maximum Gasteiger partial charge on any atom is 0.0847 e. The van der Waals surface area contributed by atoms with Crippen LogP contribution in [0.1, 0.15) is 31.7 Å². The number of rotatable bonds is 5. The minimum atomic E-state index is 0.315. The van der Waals surface area contributed by atoms with Crippen molar-refractivity contribution in [3.63, 3.8) is 0 Å². The quantitative estimate of drug-likeness (QED) is 0.903. The van der Waals surface area contributed by atoms with Gasteiger partial charge in [0.1, 0.15) is 0 Å². The Balaban J connectivity index is 2.18. The van der Waals surface area contributed by atoms with Gasteiger partial charge in [0.2, 0.25) is 0 Å². The number of aromatic nitrogens is 2. The summed E-state index contributed by atoms with van der Waals surface area (Å²) in [4.78, 5) is 0. The minimum absolute atomic E-state index is 0.315. The molecule has 0 radical (unpaired) electrons. The number of nitrogens with one attached hydrogen (secondary N) is 1. The standard InChI is InChI=1S/C14H24ClN3O/c1-5-18-13(14(15)9(2)17-18)8-12(16-4)11-6-7-19-10(11)3/h10-12,16H,5-8H2,1-4H3. The van der Waals surface area contributed by atoms with E-state index < -0.39 is 0 Å². The summed E-state index contributed by atoms with van der Waals surface area (Å²) in [5, 5.41) is 8.73. The second-order valence-corrected chi connectivity index (χ2v) is 5.67. The number of likely N-dealkylation sites (N-methyl/N-ethyl adjacent to an activating group) is 1. The summed E-state index contributed by atoms with van der Waals surface area (Å²) in [6.45, 7) is 7.95. The molecule has 3 atom stereocenters. The van der Waals surface area contributed by atoms with E-state index in [1.54, 1.807) is 0 Å². The van der Waals surface area contributed by atoms with E-state index in [0.717, 1.165) is 42.4 Å². The van der Waals surface area contributed by atoms with Gasteiger partial charge >= 0.3 is 0 Å². The van der Waals surface area contributed by atoms with Crippen molar-refractivity contribution in [1.29, 1.82) is 0 Å². The van der Waals surface area contributed by atoms with Gasteiger partial charge in [0.25, 0.3) is 0 Å². The molecule has 5 heteroatoms. The molecule has 0 amide bonds. The van der Waals surface area contributed by atoms with E-state index in [-0.39, 0.29) is 0 Å². The smallest absolute Gasteiger partial charge is 0.0847 e. The van der Waals surface area contributed by atoms with E-state index in [4.69, 9.17) is 16.3 Å². The number of hydrogen-bond acceptors (Lipinski definition) is 3. The monoisotopic (exact) mass is 285 g/mol. The number of hydrogen-bond donors (Lipinski definition) is 1. The average Bonchev–Trinajstić information content (AvgIpc) is 2.93. The Hall–Kier alpha value is -0.580. The lowest BCUT2D eigenvalue weighted by Crippen LogP contribution is -2.39. The van der Waals surface area contributed by atoms with Gasteiger partial charge in [0, 0.05) is 31.5 Å². The van der Waals surface area contributed by atoms with Crippen LogP contribution in [-0.2, 0) is 17.7 Å². The molecule has 0 aromatic carbocycles. The molecule has 2 rings (SSSR count). The van der Waals surface area contributed by atoms with Crippen molar-refractivity contribution in [3.05, 3.63) is 16.4 Å². The zero-order valence-electron chi connectivity index (χ0n) is 12.2. The Kier molecular flexibility index (Phi) is 4.87. The lowest BCUT2D eigenvalue weighted by molar-refractivity contribution is 0.0960. The summed E-state index contributed by atoms with van der Waals surface area (Å²) in [6, 6.07) is 0.386. The van der Waals surface area contributed by atoms with E-state index in [9.17, 15) is 0 Å². The van der Waals surface area contributed by atoms with Gasteiger partial charge in [0.05, 0.1) is 22.5 Å². The molecule has 1 fully saturated rings. The first-order valence-corrected chi connectivity index (χ1v) is 7.46. The third-order valence-electron chi connectivity index (χ3n) is 4.19. The normalized spacial score (nSPS) is 24.9. The fourth-order valence-electron chi connectivity index (χ4n) is 3.02. The molecule has 1 aromatic rings. The Morgan fingerprint density at radius 1 is 1.58 bits per heavy atom. The van der Waals surface area contributed by atoms with Gasteiger partial charge in [0.15, 0.2) is 0 Å². The highest BCUT2D eigenvalue weighted by atomic mass is 35.5. The second kappa shape index (κ2) is 6.25. The summed E-state index contributed by atoms with van der Waals surface area (Å²) in [5.41, 5.74) is 2.06. The van der Waals surface area contributed by atoms with Crippen LogP contribution in [0.25, 0.3) is 0 Å². The molecule has 1 aliphatic heterocycles. The molecule has 2 heterocycles. The summed E-state index contributed by atoms with van der Waals surface area (Å²) in [5.74, 6) is 0.543. The van der Waals surface area contributed by atoms with E-state index >= 15 is 0 Å². The van der Waals surface area contributed by atoms with Crippen LogP contribution >= 0.6 is 11.6 Å². The minimum Gasteiger partial charge on any atom is -0.378 e. The zero-order chi connectivity index (χ0) is 14.0. The first-order chi connectivity index (χ1) is 9.08.